The zero-order valence-corrected chi connectivity index (χ0v) is 33.7. The van der Waals surface area contributed by atoms with Crippen LogP contribution in [0, 0.1) is 11.3 Å². The van der Waals surface area contributed by atoms with Gasteiger partial charge >= 0.3 is 12.1 Å². The van der Waals surface area contributed by atoms with E-state index in [1.165, 1.54) is 24.2 Å². The maximum Gasteiger partial charge on any atom is 0.407 e. The van der Waals surface area contributed by atoms with Crippen molar-refractivity contribution in [3.8, 4) is 0 Å². The van der Waals surface area contributed by atoms with Gasteiger partial charge in [-0.15, -0.1) is 0 Å². The van der Waals surface area contributed by atoms with Gasteiger partial charge in [-0.1, -0.05) is 17.8 Å². The third kappa shape index (κ3) is 9.35. The van der Waals surface area contributed by atoms with Crippen molar-refractivity contribution in [3.05, 3.63) is 54.6 Å². The number of alkyl carbamates (subject to hydrolysis) is 1. The molecule has 2 amide bonds. The summed E-state index contributed by atoms with van der Waals surface area (Å²) < 4.78 is 16.6. The summed E-state index contributed by atoms with van der Waals surface area (Å²) in [6.07, 6.45) is 9.56. The number of hydrogen-bond donors (Lipinski definition) is 2. The molecule has 1 aromatic carbocycles. The Morgan fingerprint density at radius 2 is 1.68 bits per heavy atom. The van der Waals surface area contributed by atoms with E-state index in [0.717, 1.165) is 86.4 Å². The Hall–Kier alpha value is -4.54. The van der Waals surface area contributed by atoms with Gasteiger partial charge in [0.2, 0.25) is 11.9 Å². The number of aromatic nitrogens is 4. The number of benzene rings is 1. The highest BCUT2D eigenvalue weighted by Crippen LogP contribution is 2.43. The van der Waals surface area contributed by atoms with E-state index in [4.69, 9.17) is 24.2 Å². The lowest BCUT2D eigenvalue weighted by Crippen LogP contribution is -2.55. The van der Waals surface area contributed by atoms with E-state index in [1.54, 1.807) is 13.1 Å². The molecule has 4 aliphatic rings. The average Bonchev–Trinajstić information content (AvgIpc) is 3.44. The van der Waals surface area contributed by atoms with Crippen LogP contribution in [-0.4, -0.2) is 119 Å². The Balaban J connectivity index is 0.842. The Bertz CT molecular complexity index is 1840. The minimum Gasteiger partial charge on any atom is -0.462 e. The quantitative estimate of drug-likeness (QED) is 0.263. The molecule has 2 N–H and O–H groups in total. The summed E-state index contributed by atoms with van der Waals surface area (Å²) in [5.41, 5.74) is 0.410. The van der Waals surface area contributed by atoms with Crippen LogP contribution in [-0.2, 0) is 19.0 Å². The predicted octanol–water partition coefficient (Wildman–Crippen LogP) is 5.03. The van der Waals surface area contributed by atoms with Crippen molar-refractivity contribution in [3.63, 3.8) is 0 Å². The van der Waals surface area contributed by atoms with Crippen molar-refractivity contribution in [1.29, 1.82) is 0 Å². The number of rotatable bonds is 10. The molecule has 4 fully saturated rings. The van der Waals surface area contributed by atoms with Crippen molar-refractivity contribution in [2.45, 2.75) is 94.0 Å². The first-order chi connectivity index (χ1) is 26.9. The summed E-state index contributed by atoms with van der Waals surface area (Å²) in [5.74, 6) is 1.05. The van der Waals surface area contributed by atoms with Crippen molar-refractivity contribution in [2.24, 2.45) is 11.3 Å². The van der Waals surface area contributed by atoms with Crippen LogP contribution in [0.4, 0.5) is 22.2 Å². The lowest BCUT2D eigenvalue weighted by atomic mass is 9.73. The van der Waals surface area contributed by atoms with Crippen LogP contribution in [0.25, 0.3) is 0 Å². The second-order valence-corrected chi connectivity index (χ2v) is 17.3. The summed E-state index contributed by atoms with van der Waals surface area (Å²) >= 11 is 1.51. The molecule has 2 atom stereocenters. The van der Waals surface area contributed by atoms with Gasteiger partial charge in [0.15, 0.2) is 0 Å². The van der Waals surface area contributed by atoms with Crippen molar-refractivity contribution in [2.75, 3.05) is 67.6 Å². The van der Waals surface area contributed by atoms with Gasteiger partial charge in [0, 0.05) is 79.6 Å². The SMILES string of the molecule is CCOC(=O)c1cnc(N2CCN(C3CC(C(=O)Nc4cccc(Sc5cnc(N6CCC7(CC6)CO[C@@H](C)[C@H]7NC(=O)OC(C)(C)C)cn5)c4)C3)CC2)nc1. The fourth-order valence-electron chi connectivity index (χ4n) is 8.04. The highest BCUT2D eigenvalue weighted by molar-refractivity contribution is 7.99. The number of carbonyl (C=O) groups is 3. The molecule has 1 aliphatic carbocycles. The van der Waals surface area contributed by atoms with Gasteiger partial charge in [0.25, 0.3) is 0 Å². The number of nitrogens with zero attached hydrogens (tertiary/aromatic N) is 7. The molecule has 1 saturated carbocycles. The maximum atomic E-state index is 13.2. The Morgan fingerprint density at radius 1 is 0.946 bits per heavy atom. The summed E-state index contributed by atoms with van der Waals surface area (Å²) in [4.78, 5) is 63.7. The number of ether oxygens (including phenoxy) is 3. The number of nitrogens with one attached hydrogen (secondary N) is 2. The topological polar surface area (TPSA) is 164 Å². The summed E-state index contributed by atoms with van der Waals surface area (Å²) in [7, 11) is 0. The van der Waals surface area contributed by atoms with E-state index in [9.17, 15) is 14.4 Å². The van der Waals surface area contributed by atoms with Crippen molar-refractivity contribution in [1.82, 2.24) is 30.2 Å². The third-order valence-corrected chi connectivity index (χ3v) is 12.1. The number of carbonyl (C=O) groups excluding carboxylic acids is 3. The molecule has 0 radical (unpaired) electrons. The average molecular weight is 788 g/mol. The van der Waals surface area contributed by atoms with Crippen LogP contribution >= 0.6 is 11.8 Å². The van der Waals surface area contributed by atoms with E-state index in [-0.39, 0.29) is 29.4 Å². The second kappa shape index (κ2) is 16.9. The lowest BCUT2D eigenvalue weighted by molar-refractivity contribution is -0.124. The molecule has 15 nitrogen and oxygen atoms in total. The number of piperazine rings is 1. The lowest BCUT2D eigenvalue weighted by Gasteiger charge is -2.45. The van der Waals surface area contributed by atoms with Gasteiger partial charge in [-0.2, -0.15) is 0 Å². The molecule has 0 bridgehead atoms. The normalized spacial score (nSPS) is 23.7. The Morgan fingerprint density at radius 3 is 2.34 bits per heavy atom. The first kappa shape index (κ1) is 39.7. The zero-order valence-electron chi connectivity index (χ0n) is 32.9. The van der Waals surface area contributed by atoms with Gasteiger partial charge in [0.1, 0.15) is 16.4 Å². The minimum absolute atomic E-state index is 0.0205. The largest absolute Gasteiger partial charge is 0.462 e. The van der Waals surface area contributed by atoms with Gasteiger partial charge in [-0.25, -0.2) is 29.5 Å². The standard InChI is InChI=1S/C40H53N9O6S/c1-6-53-36(51)28-21-43-37(44-22-28)49-16-14-47(15-17-49)30-18-27(19-30)35(50)45-29-8-7-9-31(20-29)56-33-24-41-32(23-42-33)48-12-10-40(11-13-48)25-54-26(2)34(40)46-38(52)55-39(3,4)5/h7-9,20-24,26-27,30,34H,6,10-19,25H2,1-5H3,(H,45,50)(H,46,52)/t26-,27?,30?,34+/m0/s1. The smallest absolute Gasteiger partial charge is 0.407 e. The Kier molecular flexibility index (Phi) is 12.0. The number of hydrogen-bond acceptors (Lipinski definition) is 14. The van der Waals surface area contributed by atoms with Gasteiger partial charge in [0.05, 0.1) is 43.3 Å². The summed E-state index contributed by atoms with van der Waals surface area (Å²) in [5, 5.41) is 7.01. The molecule has 0 unspecified atom stereocenters. The minimum atomic E-state index is -0.561. The van der Waals surface area contributed by atoms with Gasteiger partial charge in [-0.3, -0.25) is 9.69 Å². The molecule has 7 rings (SSSR count). The van der Waals surface area contributed by atoms with E-state index in [0.29, 0.717) is 30.8 Å². The van der Waals surface area contributed by atoms with Crippen LogP contribution in [0.15, 0.2) is 59.0 Å². The van der Waals surface area contributed by atoms with Crippen molar-refractivity contribution < 1.29 is 28.6 Å². The van der Waals surface area contributed by atoms with Gasteiger partial charge < -0.3 is 34.6 Å². The summed E-state index contributed by atoms with van der Waals surface area (Å²) in [6.45, 7) is 15.2. The first-order valence-corrected chi connectivity index (χ1v) is 20.4. The predicted molar refractivity (Wildman–Crippen MR) is 212 cm³/mol. The van der Waals surface area contributed by atoms with Crippen LogP contribution in [0.3, 0.4) is 0 Å². The van der Waals surface area contributed by atoms with E-state index in [1.807, 2.05) is 58.2 Å². The van der Waals surface area contributed by atoms with Crippen molar-refractivity contribution >= 4 is 47.2 Å². The van der Waals surface area contributed by atoms with Crippen LogP contribution in [0.5, 0.6) is 0 Å². The summed E-state index contributed by atoms with van der Waals surface area (Å²) in [6, 6.07) is 8.11. The fourth-order valence-corrected chi connectivity index (χ4v) is 8.83. The second-order valence-electron chi connectivity index (χ2n) is 16.2. The fraction of sp³-hybridized carbons (Fsp3) is 0.575. The molecule has 3 saturated heterocycles. The number of anilines is 3. The van der Waals surface area contributed by atoms with Crippen LogP contribution in [0.1, 0.15) is 70.7 Å². The molecule has 16 heteroatoms. The maximum absolute atomic E-state index is 13.2. The van der Waals surface area contributed by atoms with Crippen LogP contribution in [0.2, 0.25) is 0 Å². The van der Waals surface area contributed by atoms with E-state index >= 15 is 0 Å². The highest BCUT2D eigenvalue weighted by Gasteiger charge is 2.50. The molecule has 1 spiro atoms. The van der Waals surface area contributed by atoms with E-state index < -0.39 is 17.7 Å². The monoisotopic (exact) mass is 787 g/mol. The molecule has 300 valence electrons. The van der Waals surface area contributed by atoms with Gasteiger partial charge in [-0.05, 0) is 78.5 Å². The molecule has 3 aromatic rings. The molecular weight excluding hydrogens is 735 g/mol. The number of amides is 2. The third-order valence-electron chi connectivity index (χ3n) is 11.2. The van der Waals surface area contributed by atoms with Crippen LogP contribution < -0.4 is 20.4 Å². The Labute approximate surface area is 332 Å². The van der Waals surface area contributed by atoms with E-state index in [2.05, 4.69) is 35.3 Å². The molecule has 56 heavy (non-hydrogen) atoms. The molecular formula is C40H53N9O6S. The molecule has 5 heterocycles. The number of esters is 1. The molecule has 2 aromatic heterocycles. The zero-order chi connectivity index (χ0) is 39.5. The molecule has 3 aliphatic heterocycles. The highest BCUT2D eigenvalue weighted by atomic mass is 32.2. The first-order valence-electron chi connectivity index (χ1n) is 19.6. The number of piperidine rings is 1.